The number of aliphatic hydroxyl groups is 1. The topological polar surface area (TPSA) is 118 Å². The van der Waals surface area contributed by atoms with Gasteiger partial charge in [0.2, 0.25) is 0 Å². The van der Waals surface area contributed by atoms with Gasteiger partial charge in [0.05, 0.1) is 24.8 Å². The molecule has 0 spiro atoms. The lowest BCUT2D eigenvalue weighted by molar-refractivity contribution is -0.296. The molecule has 3 aromatic carbocycles. The molecule has 5 atom stereocenters. The largest absolute Gasteiger partial charge is 0.467 e. The molecule has 1 aliphatic heterocycles. The number of hydrogen-bond donors (Lipinski definition) is 1. The second-order valence-corrected chi connectivity index (χ2v) is 8.21. The summed E-state index contributed by atoms with van der Waals surface area (Å²) in [6, 6.07) is 25.3. The Kier molecular flexibility index (Phi) is 8.63. The Balaban J connectivity index is 1.66. The molecule has 0 unspecified atom stereocenters. The van der Waals surface area contributed by atoms with Crippen LogP contribution in [-0.2, 0) is 35.1 Å². The second-order valence-electron chi connectivity index (χ2n) is 8.21. The quantitative estimate of drug-likeness (QED) is 0.363. The van der Waals surface area contributed by atoms with Gasteiger partial charge in [0.25, 0.3) is 0 Å². The van der Waals surface area contributed by atoms with Gasteiger partial charge in [-0.25, -0.2) is 14.4 Å². The van der Waals surface area contributed by atoms with Crippen LogP contribution in [-0.4, -0.2) is 60.8 Å². The van der Waals surface area contributed by atoms with Crippen LogP contribution in [0.25, 0.3) is 0 Å². The first-order valence-corrected chi connectivity index (χ1v) is 11.6. The average molecular weight is 507 g/mol. The standard InChI is InChI=1S/C28H26O9/c1-33-27(32)23-21(29)22(35-25(30)19-13-7-3-8-14-19)24(36-26(31)20-15-9-4-10-16-20)28(37-23)34-17-18-11-5-2-6-12-18/h2-16,21-24,28-29H,17H2,1H3/t21-,22-,23-,24+,28+/m0/s1. The van der Waals surface area contributed by atoms with Crippen LogP contribution >= 0.6 is 0 Å². The fourth-order valence-corrected chi connectivity index (χ4v) is 3.81. The van der Waals surface area contributed by atoms with Gasteiger partial charge in [-0.3, -0.25) is 0 Å². The summed E-state index contributed by atoms with van der Waals surface area (Å²) in [6.45, 7) is 0.0221. The summed E-state index contributed by atoms with van der Waals surface area (Å²) in [4.78, 5) is 38.3. The number of methoxy groups -OCH3 is 1. The van der Waals surface area contributed by atoms with E-state index in [1.807, 2.05) is 30.3 Å². The number of ether oxygens (including phenoxy) is 5. The molecule has 0 bridgehead atoms. The number of hydrogen-bond acceptors (Lipinski definition) is 9. The van der Waals surface area contributed by atoms with E-state index in [0.717, 1.165) is 12.7 Å². The van der Waals surface area contributed by atoms with Crippen molar-refractivity contribution in [2.24, 2.45) is 0 Å². The minimum atomic E-state index is -1.72. The summed E-state index contributed by atoms with van der Waals surface area (Å²) in [6.07, 6.45) is -7.59. The van der Waals surface area contributed by atoms with E-state index in [1.165, 1.54) is 12.1 Å². The van der Waals surface area contributed by atoms with Crippen LogP contribution in [0.15, 0.2) is 91.0 Å². The minimum absolute atomic E-state index is 0.0221. The molecule has 1 aliphatic rings. The molecule has 0 saturated carbocycles. The number of aliphatic hydroxyl groups excluding tert-OH is 1. The summed E-state index contributed by atoms with van der Waals surface area (Å²) >= 11 is 0. The van der Waals surface area contributed by atoms with E-state index in [1.54, 1.807) is 48.5 Å². The molecule has 0 radical (unpaired) electrons. The molecule has 3 aromatic rings. The van der Waals surface area contributed by atoms with Crippen molar-refractivity contribution in [1.29, 1.82) is 0 Å². The van der Waals surface area contributed by atoms with Gasteiger partial charge in [0.1, 0.15) is 6.10 Å². The van der Waals surface area contributed by atoms with Crippen molar-refractivity contribution >= 4 is 17.9 Å². The lowest BCUT2D eigenvalue weighted by Gasteiger charge is -2.42. The van der Waals surface area contributed by atoms with E-state index in [2.05, 4.69) is 0 Å². The van der Waals surface area contributed by atoms with E-state index in [9.17, 15) is 19.5 Å². The first-order chi connectivity index (χ1) is 18.0. The van der Waals surface area contributed by atoms with Gasteiger partial charge in [-0.2, -0.15) is 0 Å². The van der Waals surface area contributed by atoms with E-state index >= 15 is 0 Å². The van der Waals surface area contributed by atoms with Gasteiger partial charge < -0.3 is 28.8 Å². The van der Waals surface area contributed by atoms with Gasteiger partial charge >= 0.3 is 17.9 Å². The number of rotatable bonds is 8. The van der Waals surface area contributed by atoms with Crippen molar-refractivity contribution < 1.29 is 43.2 Å². The zero-order chi connectivity index (χ0) is 26.2. The Morgan fingerprint density at radius 3 is 1.76 bits per heavy atom. The molecule has 192 valence electrons. The van der Waals surface area contributed by atoms with Crippen LogP contribution in [0.2, 0.25) is 0 Å². The van der Waals surface area contributed by atoms with Gasteiger partial charge in [0.15, 0.2) is 24.6 Å². The maximum atomic E-state index is 13.0. The van der Waals surface area contributed by atoms with Gasteiger partial charge in [0, 0.05) is 0 Å². The average Bonchev–Trinajstić information content (AvgIpc) is 2.95. The summed E-state index contributed by atoms with van der Waals surface area (Å²) in [5.41, 5.74) is 1.20. The highest BCUT2D eigenvalue weighted by molar-refractivity contribution is 5.90. The lowest BCUT2D eigenvalue weighted by Crippen LogP contribution is -2.62. The number of esters is 3. The summed E-state index contributed by atoms with van der Waals surface area (Å²) in [5, 5.41) is 11.0. The molecule has 9 nitrogen and oxygen atoms in total. The van der Waals surface area contributed by atoms with Crippen molar-refractivity contribution in [3.05, 3.63) is 108 Å². The number of benzene rings is 3. The van der Waals surface area contributed by atoms with E-state index in [0.29, 0.717) is 0 Å². The predicted octanol–water partition coefficient (Wildman–Crippen LogP) is 2.91. The monoisotopic (exact) mass is 506 g/mol. The smallest absolute Gasteiger partial charge is 0.338 e. The van der Waals surface area contributed by atoms with E-state index < -0.39 is 48.6 Å². The van der Waals surface area contributed by atoms with Crippen LogP contribution in [0.3, 0.4) is 0 Å². The van der Waals surface area contributed by atoms with Gasteiger partial charge in [-0.15, -0.1) is 0 Å². The summed E-state index contributed by atoms with van der Waals surface area (Å²) < 4.78 is 27.7. The van der Waals surface area contributed by atoms with Gasteiger partial charge in [-0.05, 0) is 29.8 Å². The van der Waals surface area contributed by atoms with Crippen molar-refractivity contribution in [2.75, 3.05) is 7.11 Å². The molecule has 0 aliphatic carbocycles. The van der Waals surface area contributed by atoms with Gasteiger partial charge in [-0.1, -0.05) is 66.7 Å². The molecular formula is C28H26O9. The molecule has 0 aromatic heterocycles. The molecule has 1 heterocycles. The maximum absolute atomic E-state index is 13.0. The van der Waals surface area contributed by atoms with E-state index in [-0.39, 0.29) is 17.7 Å². The highest BCUT2D eigenvalue weighted by Gasteiger charge is 2.53. The van der Waals surface area contributed by atoms with Crippen LogP contribution < -0.4 is 0 Å². The van der Waals surface area contributed by atoms with Crippen LogP contribution in [0, 0.1) is 0 Å². The van der Waals surface area contributed by atoms with E-state index in [4.69, 9.17) is 23.7 Å². The lowest BCUT2D eigenvalue weighted by atomic mass is 9.98. The highest BCUT2D eigenvalue weighted by atomic mass is 16.7. The Hall–Kier alpha value is -4.05. The molecule has 1 fully saturated rings. The van der Waals surface area contributed by atoms with Crippen molar-refractivity contribution in [3.8, 4) is 0 Å². The van der Waals surface area contributed by atoms with Crippen LogP contribution in [0.1, 0.15) is 26.3 Å². The first kappa shape index (κ1) is 26.0. The third-order valence-corrected chi connectivity index (χ3v) is 5.72. The molecule has 4 rings (SSSR count). The first-order valence-electron chi connectivity index (χ1n) is 11.6. The fourth-order valence-electron chi connectivity index (χ4n) is 3.81. The minimum Gasteiger partial charge on any atom is -0.467 e. The Morgan fingerprint density at radius 1 is 0.757 bits per heavy atom. The zero-order valence-corrected chi connectivity index (χ0v) is 20.0. The molecule has 9 heteroatoms. The second kappa shape index (κ2) is 12.3. The molecule has 1 saturated heterocycles. The van der Waals surface area contributed by atoms with Crippen LogP contribution in [0.4, 0.5) is 0 Å². The molecule has 37 heavy (non-hydrogen) atoms. The zero-order valence-electron chi connectivity index (χ0n) is 20.0. The third kappa shape index (κ3) is 6.39. The summed E-state index contributed by atoms with van der Waals surface area (Å²) in [5.74, 6) is -2.46. The number of carbonyl (C=O) groups is 3. The summed E-state index contributed by atoms with van der Waals surface area (Å²) in [7, 11) is 1.13. The predicted molar refractivity (Wildman–Crippen MR) is 129 cm³/mol. The third-order valence-electron chi connectivity index (χ3n) is 5.72. The van der Waals surface area contributed by atoms with Crippen molar-refractivity contribution in [2.45, 2.75) is 37.3 Å². The molecule has 0 amide bonds. The van der Waals surface area contributed by atoms with Crippen molar-refractivity contribution in [1.82, 2.24) is 0 Å². The Labute approximate surface area is 213 Å². The fraction of sp³-hybridized carbons (Fsp3) is 0.250. The Morgan fingerprint density at radius 2 is 1.24 bits per heavy atom. The Bertz CT molecular complexity index is 1180. The van der Waals surface area contributed by atoms with Crippen molar-refractivity contribution in [3.63, 3.8) is 0 Å². The molecular weight excluding hydrogens is 480 g/mol. The maximum Gasteiger partial charge on any atom is 0.338 e. The van der Waals surface area contributed by atoms with Crippen LogP contribution in [0.5, 0.6) is 0 Å². The number of carbonyl (C=O) groups excluding carboxylic acids is 3. The normalized spacial score (nSPS) is 23.0. The molecule has 1 N–H and O–H groups in total. The SMILES string of the molecule is COC(=O)[C@H]1O[C@@H](OCc2ccccc2)[C@H](OC(=O)c2ccccc2)[C@@H](OC(=O)c2ccccc2)[C@@H]1O. The highest BCUT2D eigenvalue weighted by Crippen LogP contribution is 2.30.